The number of carbonyl (C=O) groups is 2. The van der Waals surface area contributed by atoms with E-state index in [0.29, 0.717) is 11.6 Å². The van der Waals surface area contributed by atoms with Crippen LogP contribution in [0.3, 0.4) is 0 Å². The third-order valence-electron chi connectivity index (χ3n) is 5.17. The van der Waals surface area contributed by atoms with Gasteiger partial charge < -0.3 is 5.73 Å². The smallest absolute Gasteiger partial charge is 0.388 e. The van der Waals surface area contributed by atoms with Gasteiger partial charge in [0.15, 0.2) is 0 Å². The van der Waals surface area contributed by atoms with E-state index in [2.05, 4.69) is 11.9 Å². The summed E-state index contributed by atoms with van der Waals surface area (Å²) in [6.07, 6.45) is 16.6. The maximum absolute atomic E-state index is 11.8. The second kappa shape index (κ2) is 24.2. The molecule has 32 heavy (non-hydrogen) atoms. The Morgan fingerprint density at radius 2 is 1.09 bits per heavy atom. The molecule has 0 spiro atoms. The van der Waals surface area contributed by atoms with Crippen LogP contribution in [0.4, 0.5) is 13.2 Å². The van der Waals surface area contributed by atoms with Crippen LogP contribution in [0.2, 0.25) is 0 Å². The highest BCUT2D eigenvalue weighted by atomic mass is 19.4. The van der Waals surface area contributed by atoms with E-state index < -0.39 is 12.5 Å². The van der Waals surface area contributed by atoms with Gasteiger partial charge in [-0.2, -0.15) is 13.2 Å². The third-order valence-corrected chi connectivity index (χ3v) is 5.17. The molecule has 0 aliphatic rings. The summed E-state index contributed by atoms with van der Waals surface area (Å²) < 4.78 is 31.2. The zero-order chi connectivity index (χ0) is 24.5. The number of aldehydes is 1. The van der Waals surface area contributed by atoms with E-state index in [0.717, 1.165) is 45.1 Å². The highest BCUT2D eigenvalue weighted by Gasteiger charge is 2.24. The summed E-state index contributed by atoms with van der Waals surface area (Å²) in [7, 11) is 0. The summed E-state index contributed by atoms with van der Waals surface area (Å²) in [5.41, 5.74) is 5.49. The summed E-state index contributed by atoms with van der Waals surface area (Å²) in [5, 5.41) is 0. The molecule has 0 rings (SSSR count). The van der Waals surface area contributed by atoms with E-state index in [9.17, 15) is 18.0 Å². The second-order valence-electron chi connectivity index (χ2n) is 8.52. The number of hydrogen-bond acceptors (Lipinski definition) is 3. The largest absolute Gasteiger partial charge is 0.446 e. The van der Waals surface area contributed by atoms with Crippen LogP contribution in [0.1, 0.15) is 129 Å². The standard InChI is InChI=1S/C23H46N2O.C2HF3O/c1-3-4-5-6-7-8-9-10-11-12-13-14-16-19-23(26)20-17-15-18-21-25-22(2)24;3-2(4,5)1-6/h3-21H2,1-2H3,(H2,24,25);1H. The quantitative estimate of drug-likeness (QED) is 0.0867. The van der Waals surface area contributed by atoms with E-state index in [4.69, 9.17) is 10.5 Å². The van der Waals surface area contributed by atoms with Crippen LogP contribution in [0.15, 0.2) is 4.99 Å². The van der Waals surface area contributed by atoms with E-state index in [1.807, 2.05) is 6.92 Å². The average Bonchev–Trinajstić information content (AvgIpc) is 2.73. The molecule has 4 nitrogen and oxygen atoms in total. The van der Waals surface area contributed by atoms with Gasteiger partial charge in [0.25, 0.3) is 0 Å². The Morgan fingerprint density at radius 1 is 0.750 bits per heavy atom. The van der Waals surface area contributed by atoms with Crippen LogP contribution < -0.4 is 5.73 Å². The Morgan fingerprint density at radius 3 is 1.44 bits per heavy atom. The van der Waals surface area contributed by atoms with Crippen LogP contribution in [0.5, 0.6) is 0 Å². The van der Waals surface area contributed by atoms with Crippen molar-refractivity contribution in [1.82, 2.24) is 0 Å². The first-order valence-corrected chi connectivity index (χ1v) is 12.5. The zero-order valence-corrected chi connectivity index (χ0v) is 20.5. The van der Waals surface area contributed by atoms with Crippen molar-refractivity contribution in [2.75, 3.05) is 6.54 Å². The third kappa shape index (κ3) is 33.2. The molecule has 0 aromatic heterocycles. The van der Waals surface area contributed by atoms with Crippen molar-refractivity contribution in [1.29, 1.82) is 0 Å². The number of Topliss-reactive ketones (excluding diaryl/α,β-unsaturated/α-hetero) is 1. The van der Waals surface area contributed by atoms with E-state index >= 15 is 0 Å². The van der Waals surface area contributed by atoms with Gasteiger partial charge in [-0.05, 0) is 26.2 Å². The fraction of sp³-hybridized carbons (Fsp3) is 0.880. The Bertz CT molecular complexity index is 463. The van der Waals surface area contributed by atoms with Crippen molar-refractivity contribution in [3.63, 3.8) is 0 Å². The van der Waals surface area contributed by atoms with Crippen LogP contribution >= 0.6 is 0 Å². The van der Waals surface area contributed by atoms with Crippen molar-refractivity contribution in [3.05, 3.63) is 0 Å². The Hall–Kier alpha value is -1.40. The number of hydrogen-bond donors (Lipinski definition) is 1. The van der Waals surface area contributed by atoms with Crippen molar-refractivity contribution in [2.24, 2.45) is 10.7 Å². The van der Waals surface area contributed by atoms with Gasteiger partial charge >= 0.3 is 6.18 Å². The number of nitrogens with zero attached hydrogens (tertiary/aromatic N) is 1. The molecule has 0 radical (unpaired) electrons. The molecule has 0 aromatic carbocycles. The van der Waals surface area contributed by atoms with E-state index in [1.54, 1.807) is 0 Å². The number of nitrogens with two attached hydrogens (primary N) is 1. The molecule has 0 aliphatic carbocycles. The zero-order valence-electron chi connectivity index (χ0n) is 20.5. The number of halogens is 3. The minimum absolute atomic E-state index is 0.451. The number of unbranched alkanes of at least 4 members (excludes halogenated alkanes) is 14. The van der Waals surface area contributed by atoms with E-state index in [-0.39, 0.29) is 0 Å². The lowest BCUT2D eigenvalue weighted by Crippen LogP contribution is -2.07. The molecule has 0 saturated heterocycles. The number of alkyl halides is 3. The molecule has 2 N–H and O–H groups in total. The lowest BCUT2D eigenvalue weighted by Gasteiger charge is -2.03. The summed E-state index contributed by atoms with van der Waals surface area (Å²) in [6, 6.07) is 0. The fourth-order valence-corrected chi connectivity index (χ4v) is 3.33. The van der Waals surface area contributed by atoms with Gasteiger partial charge in [-0.25, -0.2) is 0 Å². The average molecular weight is 465 g/mol. The number of ketones is 1. The highest BCUT2D eigenvalue weighted by molar-refractivity contribution is 5.78. The SMILES string of the molecule is CCCCCCCCCCCCCCCC(=O)CCCCCN=C(C)N.O=CC(F)(F)F. The van der Waals surface area contributed by atoms with Gasteiger partial charge in [0, 0.05) is 19.4 Å². The van der Waals surface area contributed by atoms with Gasteiger partial charge in [-0.15, -0.1) is 0 Å². The fourth-order valence-electron chi connectivity index (χ4n) is 3.33. The topological polar surface area (TPSA) is 72.5 Å². The lowest BCUT2D eigenvalue weighted by atomic mass is 10.0. The number of carbonyl (C=O) groups excluding carboxylic acids is 2. The van der Waals surface area contributed by atoms with Gasteiger partial charge in [0.05, 0.1) is 5.84 Å². The Labute approximate surface area is 194 Å². The molecule has 0 saturated carbocycles. The first kappa shape index (κ1) is 32.8. The summed E-state index contributed by atoms with van der Waals surface area (Å²) in [6.45, 7) is 4.90. The molecule has 0 aromatic rings. The van der Waals surface area contributed by atoms with Crippen LogP contribution in [0, 0.1) is 0 Å². The Balaban J connectivity index is 0. The van der Waals surface area contributed by atoms with Crippen LogP contribution in [-0.2, 0) is 9.59 Å². The minimum atomic E-state index is -4.64. The highest BCUT2D eigenvalue weighted by Crippen LogP contribution is 2.13. The molecule has 0 fully saturated rings. The summed E-state index contributed by atoms with van der Waals surface area (Å²) >= 11 is 0. The molecular formula is C25H47F3N2O2. The molecule has 0 bridgehead atoms. The predicted molar refractivity (Wildman–Crippen MR) is 128 cm³/mol. The van der Waals surface area contributed by atoms with E-state index in [1.165, 1.54) is 77.0 Å². The van der Waals surface area contributed by atoms with Gasteiger partial charge in [-0.1, -0.05) is 90.4 Å². The van der Waals surface area contributed by atoms with Crippen molar-refractivity contribution < 1.29 is 22.8 Å². The molecule has 0 unspecified atom stereocenters. The molecule has 190 valence electrons. The number of aliphatic imine (C=N–C) groups is 1. The number of amidine groups is 1. The molecule has 0 atom stereocenters. The first-order valence-electron chi connectivity index (χ1n) is 12.5. The maximum Gasteiger partial charge on any atom is 0.446 e. The monoisotopic (exact) mass is 464 g/mol. The minimum Gasteiger partial charge on any atom is -0.388 e. The van der Waals surface area contributed by atoms with Crippen LogP contribution in [0.25, 0.3) is 0 Å². The number of rotatable bonds is 20. The van der Waals surface area contributed by atoms with Crippen molar-refractivity contribution in [2.45, 2.75) is 136 Å². The maximum atomic E-state index is 11.8. The normalized spacial score (nSPS) is 11.7. The summed E-state index contributed by atoms with van der Waals surface area (Å²) in [4.78, 5) is 24.7. The van der Waals surface area contributed by atoms with Crippen LogP contribution in [-0.4, -0.2) is 30.6 Å². The van der Waals surface area contributed by atoms with Crippen molar-refractivity contribution >= 4 is 17.9 Å². The Kier molecular flexibility index (Phi) is 24.8. The lowest BCUT2D eigenvalue weighted by molar-refractivity contribution is -0.156. The van der Waals surface area contributed by atoms with Gasteiger partial charge in [0.2, 0.25) is 6.29 Å². The predicted octanol–water partition coefficient (Wildman–Crippen LogP) is 7.72. The molecule has 7 heteroatoms. The second-order valence-corrected chi connectivity index (χ2v) is 8.52. The molecule has 0 amide bonds. The molecular weight excluding hydrogens is 417 g/mol. The van der Waals surface area contributed by atoms with Crippen molar-refractivity contribution in [3.8, 4) is 0 Å². The van der Waals surface area contributed by atoms with Gasteiger partial charge in [0.1, 0.15) is 5.78 Å². The first-order chi connectivity index (χ1) is 15.2. The molecule has 0 heterocycles. The van der Waals surface area contributed by atoms with Gasteiger partial charge in [-0.3, -0.25) is 14.6 Å². The summed E-state index contributed by atoms with van der Waals surface area (Å²) in [5.74, 6) is 1.11. The molecule has 0 aliphatic heterocycles.